The van der Waals surface area contributed by atoms with Gasteiger partial charge in [0.1, 0.15) is 0 Å². The van der Waals surface area contributed by atoms with Gasteiger partial charge in [0.2, 0.25) is 0 Å². The number of hydrogen-bond acceptors (Lipinski definition) is 4. The van der Waals surface area contributed by atoms with E-state index in [1.807, 2.05) is 0 Å². The Morgan fingerprint density at radius 2 is 0.780 bits per heavy atom. The second-order valence-corrected chi connectivity index (χ2v) is 14.7. The van der Waals surface area contributed by atoms with E-state index in [0.29, 0.717) is 11.8 Å². The van der Waals surface area contributed by atoms with Gasteiger partial charge in [-0.2, -0.15) is 0 Å². The third-order valence-corrected chi connectivity index (χ3v) is 12.8. The third-order valence-electron chi connectivity index (χ3n) is 9.79. The molecule has 0 aromatic heterocycles. The van der Waals surface area contributed by atoms with Crippen LogP contribution in [-0.2, 0) is 11.1 Å². The van der Waals surface area contributed by atoms with Crippen LogP contribution in [-0.4, -0.2) is 12.1 Å². The average molecular weight is 565 g/mol. The monoisotopic (exact) mass is 564 g/mol. The van der Waals surface area contributed by atoms with E-state index in [9.17, 15) is 0 Å². The maximum absolute atomic E-state index is 4.39. The van der Waals surface area contributed by atoms with E-state index >= 15 is 0 Å². The Morgan fingerprint density at radius 3 is 1.02 bits per heavy atom. The first kappa shape index (κ1) is 28.3. The van der Waals surface area contributed by atoms with Gasteiger partial charge in [-0.25, -0.2) is 0 Å². The van der Waals surface area contributed by atoms with E-state index in [1.54, 1.807) is 0 Å². The molecule has 0 aliphatic carbocycles. The van der Waals surface area contributed by atoms with E-state index in [-0.39, 0.29) is 12.1 Å². The zero-order chi connectivity index (χ0) is 28.5. The molecule has 5 heteroatoms. The molecule has 0 bridgehead atoms. The van der Waals surface area contributed by atoms with E-state index < -0.39 is 18.9 Å². The van der Waals surface area contributed by atoms with Gasteiger partial charge in [0, 0.05) is 0 Å². The second-order valence-electron chi connectivity index (χ2n) is 12.1. The standard InChI is InChI=1S/C36H45N4P/c1-5-27(3)33-35(29-19-11-7-12-20-29,30-21-13-8-14-22-30)39-41(37-33)38-34(28(4)6-2)36(40-41,31-23-15-9-16-24-31)32-25-17-10-18-26-32/h7-28,33-34,37-41H,5-6H2,1-4H3/t27-,28-,33-,34-/m0/s1. The molecule has 2 heterocycles. The van der Waals surface area contributed by atoms with E-state index in [1.165, 1.54) is 22.3 Å². The molecule has 2 aliphatic heterocycles. The minimum absolute atomic E-state index is 0.184. The Hall–Kier alpha value is -2.85. The molecule has 6 rings (SSSR count). The van der Waals surface area contributed by atoms with Crippen LogP contribution in [0.5, 0.6) is 0 Å². The summed E-state index contributed by atoms with van der Waals surface area (Å²) in [6.07, 6.45) is 2.17. The Kier molecular flexibility index (Phi) is 7.89. The van der Waals surface area contributed by atoms with Crippen molar-refractivity contribution in [3.8, 4) is 0 Å². The van der Waals surface area contributed by atoms with Crippen LogP contribution in [0, 0.1) is 11.8 Å². The van der Waals surface area contributed by atoms with Gasteiger partial charge >= 0.3 is 247 Å². The molecule has 4 atom stereocenters. The van der Waals surface area contributed by atoms with Crippen LogP contribution in [0.25, 0.3) is 0 Å². The summed E-state index contributed by atoms with van der Waals surface area (Å²) in [7, 11) is -2.76. The van der Waals surface area contributed by atoms with Crippen LogP contribution in [0.4, 0.5) is 0 Å². The zero-order valence-electron chi connectivity index (χ0n) is 24.8. The summed E-state index contributed by atoms with van der Waals surface area (Å²) in [5, 5.41) is 17.4. The fraction of sp³-hybridized carbons (Fsp3) is 0.333. The van der Waals surface area contributed by atoms with Gasteiger partial charge in [-0.05, 0) is 0 Å². The number of nitrogens with one attached hydrogen (secondary N) is 4. The van der Waals surface area contributed by atoms with Crippen molar-refractivity contribution in [1.29, 1.82) is 0 Å². The first-order valence-electron chi connectivity index (χ1n) is 15.3. The molecule has 4 N–H and O–H groups in total. The third kappa shape index (κ3) is 4.67. The minimum atomic E-state index is -2.76. The van der Waals surface area contributed by atoms with E-state index in [4.69, 9.17) is 0 Å². The predicted octanol–water partition coefficient (Wildman–Crippen LogP) is 7.50. The summed E-state index contributed by atoms with van der Waals surface area (Å²) in [5.41, 5.74) is 4.41. The fourth-order valence-corrected chi connectivity index (χ4v) is 11.8. The molecule has 2 saturated heterocycles. The van der Waals surface area contributed by atoms with Gasteiger partial charge in [0.25, 0.3) is 0 Å². The van der Waals surface area contributed by atoms with Crippen molar-refractivity contribution in [1.82, 2.24) is 20.3 Å². The molecular weight excluding hydrogens is 519 g/mol. The van der Waals surface area contributed by atoms with Crippen molar-refractivity contribution in [3.05, 3.63) is 144 Å². The van der Waals surface area contributed by atoms with Crippen molar-refractivity contribution in [2.45, 2.75) is 63.7 Å². The van der Waals surface area contributed by atoms with Gasteiger partial charge in [-0.15, -0.1) is 0 Å². The van der Waals surface area contributed by atoms with Crippen LogP contribution in [0.3, 0.4) is 0 Å². The molecule has 0 saturated carbocycles. The van der Waals surface area contributed by atoms with Gasteiger partial charge in [0.05, 0.1) is 0 Å². The summed E-state index contributed by atoms with van der Waals surface area (Å²) in [6, 6.07) is 44.7. The molecule has 2 fully saturated rings. The predicted molar refractivity (Wildman–Crippen MR) is 175 cm³/mol. The molecule has 0 amide bonds. The molecule has 4 nitrogen and oxygen atoms in total. The summed E-state index contributed by atoms with van der Waals surface area (Å²) >= 11 is 0. The van der Waals surface area contributed by atoms with Crippen molar-refractivity contribution >= 4 is 7.87 Å². The first-order valence-corrected chi connectivity index (χ1v) is 17.3. The number of rotatable bonds is 8. The van der Waals surface area contributed by atoms with Crippen molar-refractivity contribution in [3.63, 3.8) is 0 Å². The topological polar surface area (TPSA) is 48.1 Å². The van der Waals surface area contributed by atoms with Crippen molar-refractivity contribution < 1.29 is 0 Å². The summed E-state index contributed by atoms with van der Waals surface area (Å²) in [4.78, 5) is 0. The Balaban J connectivity index is 1.58. The maximum atomic E-state index is 4.39. The SMILES string of the molecule is CC[C@H](C)[C@@H]1N[PH]2(N[C@@H]([C@@H](C)CC)C(c3ccccc3)(c3ccccc3)N2)NC1(c1ccccc1)c1ccccc1. The van der Waals surface area contributed by atoms with Crippen LogP contribution >= 0.6 is 7.87 Å². The quantitative estimate of drug-likeness (QED) is 0.167. The van der Waals surface area contributed by atoms with Crippen molar-refractivity contribution in [2.24, 2.45) is 11.8 Å². The molecule has 214 valence electrons. The van der Waals surface area contributed by atoms with Gasteiger partial charge in [-0.3, -0.25) is 0 Å². The molecule has 0 radical (unpaired) electrons. The first-order chi connectivity index (χ1) is 20.0. The van der Waals surface area contributed by atoms with Crippen LogP contribution in [0.15, 0.2) is 121 Å². The molecule has 0 unspecified atom stereocenters. The summed E-state index contributed by atoms with van der Waals surface area (Å²) in [5.74, 6) is 0.868. The van der Waals surface area contributed by atoms with Gasteiger partial charge < -0.3 is 0 Å². The Labute approximate surface area is 246 Å². The summed E-state index contributed by atoms with van der Waals surface area (Å²) < 4.78 is 0. The molecule has 41 heavy (non-hydrogen) atoms. The Bertz CT molecular complexity index is 1220. The van der Waals surface area contributed by atoms with Gasteiger partial charge in [0.15, 0.2) is 0 Å². The van der Waals surface area contributed by atoms with Crippen LogP contribution in [0.1, 0.15) is 62.8 Å². The fourth-order valence-electron chi connectivity index (χ4n) is 7.40. The van der Waals surface area contributed by atoms with Gasteiger partial charge in [-0.1, -0.05) is 0 Å². The molecular formula is C36H45N4P. The molecule has 4 aromatic carbocycles. The summed E-state index contributed by atoms with van der Waals surface area (Å²) in [6.45, 7) is 9.43. The number of hydrogen-bond donors (Lipinski definition) is 4. The molecule has 1 spiro atoms. The van der Waals surface area contributed by atoms with E-state index in [2.05, 4.69) is 169 Å². The molecule has 2 aliphatic rings. The zero-order valence-corrected chi connectivity index (χ0v) is 25.8. The van der Waals surface area contributed by atoms with E-state index in [0.717, 1.165) is 12.8 Å². The normalized spacial score (nSPS) is 24.6. The average Bonchev–Trinajstić information content (AvgIpc) is 3.58. The second kappa shape index (κ2) is 11.4. The van der Waals surface area contributed by atoms with Crippen molar-refractivity contribution in [2.75, 3.05) is 0 Å². The number of benzene rings is 4. The molecule has 4 aromatic rings. The van der Waals surface area contributed by atoms with Crippen LogP contribution in [0.2, 0.25) is 0 Å². The van der Waals surface area contributed by atoms with Crippen LogP contribution < -0.4 is 20.3 Å². The Morgan fingerprint density at radius 1 is 0.512 bits per heavy atom.